The van der Waals surface area contributed by atoms with Gasteiger partial charge >= 0.3 is 0 Å². The van der Waals surface area contributed by atoms with Crippen LogP contribution in [0.2, 0.25) is 0 Å². The van der Waals surface area contributed by atoms with Gasteiger partial charge in [0, 0.05) is 31.5 Å². The molecule has 1 unspecified atom stereocenters. The molecule has 148 valence electrons. The first kappa shape index (κ1) is 18.9. The second kappa shape index (κ2) is 8.29. The molecule has 0 N–H and O–H groups in total. The van der Waals surface area contributed by atoms with E-state index in [0.29, 0.717) is 13.2 Å². The van der Waals surface area contributed by atoms with Crippen LogP contribution in [-0.4, -0.2) is 60.3 Å². The van der Waals surface area contributed by atoms with Crippen molar-refractivity contribution in [3.8, 4) is 5.75 Å². The number of carbonyl (C=O) groups excluding carboxylic acids is 1. The molecule has 6 heteroatoms. The minimum atomic E-state index is -0.408. The number of nitrogens with zero attached hydrogens (tertiary/aromatic N) is 3. The van der Waals surface area contributed by atoms with Crippen LogP contribution < -0.4 is 9.64 Å². The number of hydrogen-bond acceptors (Lipinski definition) is 5. The van der Waals surface area contributed by atoms with Crippen molar-refractivity contribution in [3.63, 3.8) is 0 Å². The highest BCUT2D eigenvalue weighted by Gasteiger charge is 2.45. The molecular weight excluding hydrogens is 354 g/mol. The number of morpholine rings is 1. The van der Waals surface area contributed by atoms with Crippen LogP contribution >= 0.6 is 0 Å². The zero-order valence-corrected chi connectivity index (χ0v) is 16.3. The van der Waals surface area contributed by atoms with Crippen molar-refractivity contribution in [1.29, 1.82) is 0 Å². The zero-order valence-electron chi connectivity index (χ0n) is 16.3. The number of pyridine rings is 1. The predicted molar refractivity (Wildman–Crippen MR) is 107 cm³/mol. The molecule has 0 radical (unpaired) electrons. The van der Waals surface area contributed by atoms with E-state index in [2.05, 4.69) is 9.88 Å². The number of carbonyl (C=O) groups is 1. The molecule has 3 heterocycles. The number of ether oxygens (including phenoxy) is 2. The van der Waals surface area contributed by atoms with E-state index >= 15 is 0 Å². The number of likely N-dealkylation sites (tertiary alicyclic amines) is 1. The topological polar surface area (TPSA) is 54.9 Å². The summed E-state index contributed by atoms with van der Waals surface area (Å²) in [6.45, 7) is 5.90. The molecule has 1 aromatic carbocycles. The van der Waals surface area contributed by atoms with Crippen LogP contribution in [-0.2, 0) is 9.53 Å². The summed E-state index contributed by atoms with van der Waals surface area (Å²) < 4.78 is 12.0. The summed E-state index contributed by atoms with van der Waals surface area (Å²) in [5.74, 6) is 0.849. The van der Waals surface area contributed by atoms with E-state index in [9.17, 15) is 4.79 Å². The standard InChI is InChI=1S/C22H27N3O3/c1-18-21(26)25(19-6-3-2-4-7-19)17-22(28-18)9-12-24(13-10-22)14-15-27-20-8-5-11-23-16-20/h2-8,11,16,18H,9-10,12-15,17H2,1H3. The molecule has 2 aliphatic rings. The monoisotopic (exact) mass is 381 g/mol. The third kappa shape index (κ3) is 4.18. The molecule has 2 aromatic rings. The lowest BCUT2D eigenvalue weighted by molar-refractivity contribution is -0.161. The molecule has 2 fully saturated rings. The summed E-state index contributed by atoms with van der Waals surface area (Å²) >= 11 is 0. The van der Waals surface area contributed by atoms with Gasteiger partial charge in [0.2, 0.25) is 0 Å². The Bertz CT molecular complexity index is 776. The Hall–Kier alpha value is -2.44. The van der Waals surface area contributed by atoms with Gasteiger partial charge in [0.15, 0.2) is 0 Å². The minimum Gasteiger partial charge on any atom is -0.491 e. The van der Waals surface area contributed by atoms with E-state index in [0.717, 1.165) is 43.9 Å². The lowest BCUT2D eigenvalue weighted by Gasteiger charge is -2.49. The average molecular weight is 381 g/mol. The summed E-state index contributed by atoms with van der Waals surface area (Å²) in [5.41, 5.74) is 0.693. The number of benzene rings is 1. The van der Waals surface area contributed by atoms with Crippen molar-refractivity contribution in [2.75, 3.05) is 37.7 Å². The first-order valence-electron chi connectivity index (χ1n) is 9.95. The number of hydrogen-bond donors (Lipinski definition) is 0. The maximum atomic E-state index is 12.7. The van der Waals surface area contributed by atoms with Crippen LogP contribution in [0.4, 0.5) is 5.69 Å². The summed E-state index contributed by atoms with van der Waals surface area (Å²) in [6.07, 6.45) is 4.90. The van der Waals surface area contributed by atoms with Gasteiger partial charge in [-0.05, 0) is 44.0 Å². The van der Waals surface area contributed by atoms with E-state index < -0.39 is 6.10 Å². The molecule has 6 nitrogen and oxygen atoms in total. The van der Waals surface area contributed by atoms with Crippen LogP contribution in [0.15, 0.2) is 54.9 Å². The second-order valence-corrected chi connectivity index (χ2v) is 7.58. The Labute approximate surface area is 166 Å². The molecule has 1 spiro atoms. The van der Waals surface area contributed by atoms with Crippen LogP contribution in [0.25, 0.3) is 0 Å². The quantitative estimate of drug-likeness (QED) is 0.797. The maximum Gasteiger partial charge on any atom is 0.255 e. The number of aromatic nitrogens is 1. The van der Waals surface area contributed by atoms with E-state index in [-0.39, 0.29) is 11.5 Å². The molecule has 4 rings (SSSR count). The van der Waals surface area contributed by atoms with Crippen LogP contribution in [0.3, 0.4) is 0 Å². The first-order chi connectivity index (χ1) is 13.7. The third-order valence-electron chi connectivity index (χ3n) is 5.63. The number of para-hydroxylation sites is 1. The molecular formula is C22H27N3O3. The van der Waals surface area contributed by atoms with Crippen molar-refractivity contribution in [2.24, 2.45) is 0 Å². The Morgan fingerprint density at radius 1 is 1.18 bits per heavy atom. The Morgan fingerprint density at radius 2 is 1.96 bits per heavy atom. The minimum absolute atomic E-state index is 0.0455. The van der Waals surface area contributed by atoms with Gasteiger partial charge in [-0.1, -0.05) is 18.2 Å². The van der Waals surface area contributed by atoms with Crippen LogP contribution in [0.5, 0.6) is 5.75 Å². The highest BCUT2D eigenvalue weighted by atomic mass is 16.5. The van der Waals surface area contributed by atoms with Gasteiger partial charge in [0.25, 0.3) is 5.91 Å². The van der Waals surface area contributed by atoms with Crippen molar-refractivity contribution >= 4 is 11.6 Å². The van der Waals surface area contributed by atoms with Gasteiger partial charge in [-0.25, -0.2) is 0 Å². The normalized spacial score (nSPS) is 22.4. The molecule has 0 aliphatic carbocycles. The zero-order chi connectivity index (χ0) is 19.4. The van der Waals surface area contributed by atoms with E-state index in [1.165, 1.54) is 0 Å². The first-order valence-corrected chi connectivity index (χ1v) is 9.95. The highest BCUT2D eigenvalue weighted by Crippen LogP contribution is 2.34. The second-order valence-electron chi connectivity index (χ2n) is 7.58. The average Bonchev–Trinajstić information content (AvgIpc) is 2.74. The SMILES string of the molecule is CC1OC2(CCN(CCOc3cccnc3)CC2)CN(c2ccccc2)C1=O. The van der Waals surface area contributed by atoms with Crippen molar-refractivity contribution in [1.82, 2.24) is 9.88 Å². The molecule has 0 saturated carbocycles. The van der Waals surface area contributed by atoms with Gasteiger partial charge in [0.1, 0.15) is 18.5 Å². The van der Waals surface area contributed by atoms with Crippen molar-refractivity contribution in [3.05, 3.63) is 54.9 Å². The molecule has 0 bridgehead atoms. The summed E-state index contributed by atoms with van der Waals surface area (Å²) in [5, 5.41) is 0. The van der Waals surface area contributed by atoms with Gasteiger partial charge in [-0.2, -0.15) is 0 Å². The Morgan fingerprint density at radius 3 is 2.68 bits per heavy atom. The fourth-order valence-electron chi connectivity index (χ4n) is 4.06. The number of amides is 1. The molecule has 1 amide bonds. The van der Waals surface area contributed by atoms with Crippen LogP contribution in [0, 0.1) is 0 Å². The fraction of sp³-hybridized carbons (Fsp3) is 0.455. The smallest absolute Gasteiger partial charge is 0.255 e. The van der Waals surface area contributed by atoms with E-state index in [1.54, 1.807) is 12.4 Å². The summed E-state index contributed by atoms with van der Waals surface area (Å²) in [6, 6.07) is 13.7. The lowest BCUT2D eigenvalue weighted by atomic mass is 9.88. The highest BCUT2D eigenvalue weighted by molar-refractivity contribution is 5.97. The molecule has 1 atom stereocenters. The van der Waals surface area contributed by atoms with E-state index in [1.807, 2.05) is 54.3 Å². The lowest BCUT2D eigenvalue weighted by Crippen LogP contribution is -2.61. The molecule has 28 heavy (non-hydrogen) atoms. The molecule has 2 saturated heterocycles. The Kier molecular flexibility index (Phi) is 5.59. The largest absolute Gasteiger partial charge is 0.491 e. The summed E-state index contributed by atoms with van der Waals surface area (Å²) in [4.78, 5) is 21.0. The summed E-state index contributed by atoms with van der Waals surface area (Å²) in [7, 11) is 0. The third-order valence-corrected chi connectivity index (χ3v) is 5.63. The predicted octanol–water partition coefficient (Wildman–Crippen LogP) is 2.75. The number of rotatable bonds is 5. The van der Waals surface area contributed by atoms with Crippen molar-refractivity contribution < 1.29 is 14.3 Å². The van der Waals surface area contributed by atoms with Crippen molar-refractivity contribution in [2.45, 2.75) is 31.5 Å². The van der Waals surface area contributed by atoms with Gasteiger partial charge in [-0.15, -0.1) is 0 Å². The van der Waals surface area contributed by atoms with Crippen LogP contribution in [0.1, 0.15) is 19.8 Å². The Balaban J connectivity index is 1.33. The maximum absolute atomic E-state index is 12.7. The molecule has 1 aromatic heterocycles. The van der Waals surface area contributed by atoms with E-state index in [4.69, 9.17) is 9.47 Å². The number of anilines is 1. The van der Waals surface area contributed by atoms with Gasteiger partial charge in [-0.3, -0.25) is 14.7 Å². The number of piperidine rings is 1. The fourth-order valence-corrected chi connectivity index (χ4v) is 4.06. The van der Waals surface area contributed by atoms with Gasteiger partial charge < -0.3 is 14.4 Å². The molecule has 2 aliphatic heterocycles. The van der Waals surface area contributed by atoms with Gasteiger partial charge in [0.05, 0.1) is 18.3 Å².